The van der Waals surface area contributed by atoms with Crippen molar-refractivity contribution in [3.05, 3.63) is 48.8 Å². The molecule has 29 heavy (non-hydrogen) atoms. The van der Waals surface area contributed by atoms with Crippen molar-refractivity contribution in [3.8, 4) is 0 Å². The number of hydrogen-bond donors (Lipinski definition) is 1. The number of amidine groups is 1. The summed E-state index contributed by atoms with van der Waals surface area (Å²) in [5.74, 6) is 0.190. The minimum Gasteiger partial charge on any atom is -0.491 e. The Morgan fingerprint density at radius 2 is 1.62 bits per heavy atom. The summed E-state index contributed by atoms with van der Waals surface area (Å²) in [6.45, 7) is 15.0. The van der Waals surface area contributed by atoms with E-state index in [4.69, 9.17) is 10.1 Å². The molecule has 0 fully saturated rings. The summed E-state index contributed by atoms with van der Waals surface area (Å²) < 4.78 is 32.1. The van der Waals surface area contributed by atoms with Crippen LogP contribution in [0, 0.1) is 5.41 Å². The van der Waals surface area contributed by atoms with Crippen LogP contribution in [0.2, 0.25) is 0 Å². The number of unbranched alkanes of at least 4 members (excludes halogenated alkanes) is 5. The number of halogens is 2. The highest BCUT2D eigenvalue weighted by molar-refractivity contribution is 6.04. The molecule has 0 bridgehead atoms. The van der Waals surface area contributed by atoms with Gasteiger partial charge in [-0.05, 0) is 37.0 Å². The quantitative estimate of drug-likeness (QED) is 0.0877. The number of aliphatic imine (C=N–C) groups is 1. The van der Waals surface area contributed by atoms with Crippen molar-refractivity contribution in [2.75, 3.05) is 6.61 Å². The predicted octanol–water partition coefficient (Wildman–Crippen LogP) is 7.46. The van der Waals surface area contributed by atoms with Gasteiger partial charge in [-0.25, -0.2) is 13.8 Å². The average Bonchev–Trinajstić information content (AvgIpc) is 2.70. The van der Waals surface area contributed by atoms with E-state index in [0.29, 0.717) is 12.0 Å². The molecule has 0 aliphatic carbocycles. The van der Waals surface area contributed by atoms with Crippen LogP contribution in [-0.4, -0.2) is 31.0 Å². The second-order valence-electron chi connectivity index (χ2n) is 7.24. The number of nitrogens with one attached hydrogen (secondary N) is 1. The molecule has 0 unspecified atom stereocenters. The van der Waals surface area contributed by atoms with E-state index in [1.54, 1.807) is 13.1 Å². The maximum Gasteiger partial charge on any atom is 0.165 e. The Morgan fingerprint density at radius 3 is 2.28 bits per heavy atom. The Morgan fingerprint density at radius 1 is 0.966 bits per heavy atom. The fourth-order valence-electron chi connectivity index (χ4n) is 2.50. The molecule has 0 aromatic rings. The number of ether oxygens (including phenoxy) is 1. The number of rotatable bonds is 17. The van der Waals surface area contributed by atoms with E-state index in [-0.39, 0.29) is 24.6 Å². The Hall–Kier alpha value is -2.04. The van der Waals surface area contributed by atoms with Crippen LogP contribution < -0.4 is 0 Å². The number of hydrogen-bond acceptors (Lipinski definition) is 2. The van der Waals surface area contributed by atoms with E-state index in [1.807, 2.05) is 0 Å². The summed E-state index contributed by atoms with van der Waals surface area (Å²) in [5, 5.41) is 7.92. The molecule has 0 amide bonds. The molecule has 1 N–H and O–H groups in total. The second-order valence-corrected chi connectivity index (χ2v) is 7.24. The maximum absolute atomic E-state index is 13.6. The van der Waals surface area contributed by atoms with Gasteiger partial charge >= 0.3 is 0 Å². The van der Waals surface area contributed by atoms with Gasteiger partial charge in [0.25, 0.3) is 0 Å². The highest BCUT2D eigenvalue weighted by Gasteiger charge is 2.19. The standard InChI is InChI=1S/C24H38F2N2O/c1-6-8-9-10-11-12-14-19(3)17-28-24(27)20(4)15-16-21(5)29-18-23(26)22(25)13-7-2/h15-17,22-23,27H,3-14,18H2,1-2H3/b16-15-,27-24?,28-17?/t22-,23-/m1/s1. The first kappa shape index (κ1) is 27.0. The van der Waals surface area contributed by atoms with Crippen molar-refractivity contribution in [1.82, 2.24) is 0 Å². The molecule has 2 atom stereocenters. The van der Waals surface area contributed by atoms with E-state index >= 15 is 0 Å². The first-order valence-electron chi connectivity index (χ1n) is 10.6. The molecule has 0 aliphatic rings. The van der Waals surface area contributed by atoms with Crippen LogP contribution in [0.5, 0.6) is 0 Å². The minimum atomic E-state index is -1.68. The summed E-state index contributed by atoms with van der Waals surface area (Å²) in [7, 11) is 0. The molecule has 5 heteroatoms. The fraction of sp³-hybridized carbons (Fsp3) is 0.583. The zero-order valence-electron chi connectivity index (χ0n) is 18.2. The molecule has 164 valence electrons. The molecule has 0 aromatic carbocycles. The second kappa shape index (κ2) is 16.9. The lowest BCUT2D eigenvalue weighted by Crippen LogP contribution is -2.22. The third-order valence-electron chi connectivity index (χ3n) is 4.39. The zero-order chi connectivity index (χ0) is 22.1. The highest BCUT2D eigenvalue weighted by Crippen LogP contribution is 2.13. The fourth-order valence-corrected chi connectivity index (χ4v) is 2.50. The monoisotopic (exact) mass is 408 g/mol. The molecule has 0 saturated heterocycles. The van der Waals surface area contributed by atoms with Gasteiger partial charge in [0, 0.05) is 11.8 Å². The smallest absolute Gasteiger partial charge is 0.165 e. The molecule has 0 heterocycles. The normalized spacial score (nSPS) is 13.5. The van der Waals surface area contributed by atoms with E-state index in [9.17, 15) is 8.78 Å². The maximum atomic E-state index is 13.6. The number of alkyl halides is 2. The molecule has 0 spiro atoms. The Kier molecular flexibility index (Phi) is 15.7. The third-order valence-corrected chi connectivity index (χ3v) is 4.39. The SMILES string of the molecule is C=C(C=NC(=N)C(=C)/C=C\C(=C)OC[C@@H](F)[C@H](F)CCC)CCCCCCCC. The molecule has 0 saturated carbocycles. The summed E-state index contributed by atoms with van der Waals surface area (Å²) >= 11 is 0. The van der Waals surface area contributed by atoms with Gasteiger partial charge in [0.05, 0.1) is 0 Å². The van der Waals surface area contributed by atoms with Gasteiger partial charge in [-0.15, -0.1) is 0 Å². The lowest BCUT2D eigenvalue weighted by Gasteiger charge is -2.13. The highest BCUT2D eigenvalue weighted by atomic mass is 19.2. The van der Waals surface area contributed by atoms with Gasteiger partial charge in [0.1, 0.15) is 18.5 Å². The van der Waals surface area contributed by atoms with Crippen molar-refractivity contribution in [3.63, 3.8) is 0 Å². The van der Waals surface area contributed by atoms with E-state index in [2.05, 4.69) is 31.7 Å². The molecule has 0 rings (SSSR count). The van der Waals surface area contributed by atoms with Gasteiger partial charge in [-0.2, -0.15) is 0 Å². The largest absolute Gasteiger partial charge is 0.491 e. The van der Waals surface area contributed by atoms with Crippen molar-refractivity contribution >= 4 is 12.1 Å². The molecule has 0 aliphatic heterocycles. The number of allylic oxidation sites excluding steroid dienone is 2. The topological polar surface area (TPSA) is 45.4 Å². The van der Waals surface area contributed by atoms with E-state index in [0.717, 1.165) is 18.4 Å². The molecular weight excluding hydrogens is 370 g/mol. The molecular formula is C24H38F2N2O. The Bertz CT molecular complexity index is 581. The summed E-state index contributed by atoms with van der Waals surface area (Å²) in [5.41, 5.74) is 1.25. The molecule has 3 nitrogen and oxygen atoms in total. The van der Waals surface area contributed by atoms with Crippen LogP contribution >= 0.6 is 0 Å². The third kappa shape index (κ3) is 14.6. The number of nitrogens with zero attached hydrogens (tertiary/aromatic N) is 1. The first-order chi connectivity index (χ1) is 13.8. The predicted molar refractivity (Wildman–Crippen MR) is 121 cm³/mol. The van der Waals surface area contributed by atoms with Crippen molar-refractivity contribution < 1.29 is 13.5 Å². The van der Waals surface area contributed by atoms with Gasteiger partial charge in [0.15, 0.2) is 12.0 Å². The van der Waals surface area contributed by atoms with Crippen LogP contribution in [0.4, 0.5) is 8.78 Å². The minimum absolute atomic E-state index is 0.00767. The van der Waals surface area contributed by atoms with Crippen LogP contribution in [0.15, 0.2) is 53.8 Å². The van der Waals surface area contributed by atoms with Gasteiger partial charge in [0.2, 0.25) is 0 Å². The first-order valence-corrected chi connectivity index (χ1v) is 10.6. The summed E-state index contributed by atoms with van der Waals surface area (Å²) in [6, 6.07) is 0. The van der Waals surface area contributed by atoms with Gasteiger partial charge < -0.3 is 4.74 Å². The van der Waals surface area contributed by atoms with E-state index < -0.39 is 12.3 Å². The van der Waals surface area contributed by atoms with Crippen LogP contribution in [0.3, 0.4) is 0 Å². The van der Waals surface area contributed by atoms with Gasteiger partial charge in [-0.1, -0.05) is 72.1 Å². The Balaban J connectivity index is 4.18. The molecule has 0 radical (unpaired) electrons. The Labute approximate surface area is 175 Å². The summed E-state index contributed by atoms with van der Waals surface area (Å²) in [4.78, 5) is 4.08. The lowest BCUT2D eigenvalue weighted by molar-refractivity contribution is 0.0756. The lowest BCUT2D eigenvalue weighted by atomic mass is 10.1. The van der Waals surface area contributed by atoms with Crippen molar-refractivity contribution in [1.29, 1.82) is 5.41 Å². The van der Waals surface area contributed by atoms with Crippen LogP contribution in [0.25, 0.3) is 0 Å². The van der Waals surface area contributed by atoms with Crippen molar-refractivity contribution in [2.24, 2.45) is 4.99 Å². The van der Waals surface area contributed by atoms with Crippen LogP contribution in [-0.2, 0) is 4.74 Å². The van der Waals surface area contributed by atoms with Gasteiger partial charge in [-0.3, -0.25) is 5.41 Å². The average molecular weight is 409 g/mol. The van der Waals surface area contributed by atoms with Crippen LogP contribution in [0.1, 0.15) is 71.6 Å². The zero-order valence-corrected chi connectivity index (χ0v) is 18.2. The van der Waals surface area contributed by atoms with E-state index in [1.165, 1.54) is 44.3 Å². The van der Waals surface area contributed by atoms with Crippen molar-refractivity contribution in [2.45, 2.75) is 84.0 Å². The molecule has 0 aromatic heterocycles. The summed E-state index contributed by atoms with van der Waals surface area (Å²) in [6.07, 6.45) is 10.3.